The molecule has 0 radical (unpaired) electrons. The fraction of sp³-hybridized carbons (Fsp3) is 0. The van der Waals surface area contributed by atoms with Crippen LogP contribution in [0.1, 0.15) is 0 Å². The number of rotatable bonds is 1. The summed E-state index contributed by atoms with van der Waals surface area (Å²) in [6.07, 6.45) is 5.82. The van der Waals surface area contributed by atoms with Crippen LogP contribution in [0.3, 0.4) is 0 Å². The SMILES string of the molecule is c1ccc2c(c1)-c1ccccc1[Si]21c2cc(-n3c4ccccc4c4cnccc43)ccc2-c2ncccc21. The minimum absolute atomic E-state index is 1.14. The first-order valence-corrected chi connectivity index (χ1v) is 15.0. The number of para-hydroxylation sites is 1. The predicted molar refractivity (Wildman–Crippen MR) is 158 cm³/mol. The van der Waals surface area contributed by atoms with E-state index >= 15 is 0 Å². The van der Waals surface area contributed by atoms with E-state index < -0.39 is 8.07 Å². The van der Waals surface area contributed by atoms with E-state index in [9.17, 15) is 0 Å². The molecule has 3 aromatic heterocycles. The van der Waals surface area contributed by atoms with Crippen molar-refractivity contribution in [1.82, 2.24) is 14.5 Å². The van der Waals surface area contributed by atoms with Gasteiger partial charge in [-0.3, -0.25) is 9.97 Å². The Morgan fingerprint density at radius 1 is 0.526 bits per heavy atom. The lowest BCUT2D eigenvalue weighted by Crippen LogP contribution is -2.70. The molecular formula is C34H21N3Si. The van der Waals surface area contributed by atoms with Gasteiger partial charge in [-0.2, -0.15) is 0 Å². The second kappa shape index (κ2) is 7.15. The smallest absolute Gasteiger partial charge is 0.183 e. The summed E-state index contributed by atoms with van der Waals surface area (Å²) < 4.78 is 2.40. The number of aromatic nitrogens is 3. The van der Waals surface area contributed by atoms with E-state index in [1.165, 1.54) is 64.9 Å². The third-order valence-corrected chi connectivity index (χ3v) is 13.5. The van der Waals surface area contributed by atoms with Crippen molar-refractivity contribution in [2.75, 3.05) is 0 Å². The first-order chi connectivity index (χ1) is 18.9. The minimum Gasteiger partial charge on any atom is -0.309 e. The molecule has 0 bridgehead atoms. The van der Waals surface area contributed by atoms with E-state index in [0.29, 0.717) is 0 Å². The Hall–Kier alpha value is -4.80. The third kappa shape index (κ3) is 2.30. The fourth-order valence-corrected chi connectivity index (χ4v) is 12.7. The predicted octanol–water partition coefficient (Wildman–Crippen LogP) is 4.91. The average Bonchev–Trinajstić information content (AvgIpc) is 3.59. The van der Waals surface area contributed by atoms with Crippen molar-refractivity contribution in [3.63, 3.8) is 0 Å². The number of nitrogens with zero attached hydrogens (tertiary/aromatic N) is 3. The Labute approximate surface area is 220 Å². The van der Waals surface area contributed by atoms with Gasteiger partial charge in [-0.25, -0.2) is 0 Å². The Morgan fingerprint density at radius 3 is 2.08 bits per heavy atom. The zero-order chi connectivity index (χ0) is 24.8. The number of hydrogen-bond acceptors (Lipinski definition) is 2. The maximum absolute atomic E-state index is 4.98. The standard InChI is InChI=1S/C34H21N3Si/c1-4-11-28-23(8-1)27-21-35-19-17-29(27)37(28)22-15-16-26-33(20-22)38(32-14-7-18-36-34(26)32)30-12-5-2-9-24(30)25-10-3-6-13-31(25)38/h1-21H. The van der Waals surface area contributed by atoms with Crippen molar-refractivity contribution in [2.24, 2.45) is 0 Å². The molecule has 2 aliphatic rings. The molecule has 0 saturated carbocycles. The van der Waals surface area contributed by atoms with E-state index in [2.05, 4.69) is 119 Å². The van der Waals surface area contributed by atoms with Crippen LogP contribution in [0.25, 0.3) is 49.9 Å². The highest BCUT2D eigenvalue weighted by Gasteiger charge is 2.54. The van der Waals surface area contributed by atoms with Crippen LogP contribution in [0.5, 0.6) is 0 Å². The molecule has 2 aliphatic heterocycles. The summed E-state index contributed by atoms with van der Waals surface area (Å²) in [6.45, 7) is 0. The molecular weight excluding hydrogens is 478 g/mol. The van der Waals surface area contributed by atoms with Crippen molar-refractivity contribution < 1.29 is 0 Å². The summed E-state index contributed by atoms with van der Waals surface area (Å²) in [5.74, 6) is 0. The lowest BCUT2D eigenvalue weighted by Gasteiger charge is -2.27. The summed E-state index contributed by atoms with van der Waals surface area (Å²) in [4.78, 5) is 9.43. The zero-order valence-electron chi connectivity index (χ0n) is 20.5. The van der Waals surface area contributed by atoms with Gasteiger partial charge in [0.25, 0.3) is 0 Å². The highest BCUT2D eigenvalue weighted by Crippen LogP contribution is 2.37. The molecule has 0 saturated heterocycles. The number of benzene rings is 4. The quantitative estimate of drug-likeness (QED) is 0.301. The normalized spacial score (nSPS) is 14.0. The van der Waals surface area contributed by atoms with Gasteiger partial charge in [-0.05, 0) is 62.2 Å². The lowest BCUT2D eigenvalue weighted by atomic mass is 10.1. The van der Waals surface area contributed by atoms with Crippen LogP contribution in [-0.2, 0) is 0 Å². The molecule has 9 rings (SSSR count). The van der Waals surface area contributed by atoms with Crippen LogP contribution in [0, 0.1) is 0 Å². The molecule has 0 atom stereocenters. The second-order valence-corrected chi connectivity index (χ2v) is 13.9. The van der Waals surface area contributed by atoms with Crippen molar-refractivity contribution in [3.05, 3.63) is 128 Å². The Balaban J connectivity index is 1.43. The number of fused-ring (bicyclic) bond motifs is 13. The third-order valence-electron chi connectivity index (χ3n) is 8.56. The second-order valence-electron chi connectivity index (χ2n) is 10.2. The first kappa shape index (κ1) is 20.3. The van der Waals surface area contributed by atoms with E-state index in [1.807, 2.05) is 18.6 Å². The summed E-state index contributed by atoms with van der Waals surface area (Å²) in [5.41, 5.74) is 8.70. The van der Waals surface area contributed by atoms with Crippen LogP contribution < -0.4 is 20.7 Å². The van der Waals surface area contributed by atoms with Crippen LogP contribution in [0.15, 0.2) is 128 Å². The molecule has 5 heterocycles. The highest BCUT2D eigenvalue weighted by atomic mass is 28.3. The summed E-state index contributed by atoms with van der Waals surface area (Å²) in [7, 11) is -2.52. The maximum Gasteiger partial charge on any atom is 0.183 e. The molecule has 0 amide bonds. The van der Waals surface area contributed by atoms with Gasteiger partial charge in [0.1, 0.15) is 0 Å². The molecule has 176 valence electrons. The molecule has 4 aromatic carbocycles. The zero-order valence-corrected chi connectivity index (χ0v) is 21.5. The van der Waals surface area contributed by atoms with Gasteiger partial charge in [0, 0.05) is 40.6 Å². The van der Waals surface area contributed by atoms with Crippen molar-refractivity contribution in [2.45, 2.75) is 0 Å². The van der Waals surface area contributed by atoms with Crippen molar-refractivity contribution in [3.8, 4) is 28.1 Å². The largest absolute Gasteiger partial charge is 0.309 e. The Kier molecular flexibility index (Phi) is 3.82. The van der Waals surface area contributed by atoms with Crippen molar-refractivity contribution in [1.29, 1.82) is 0 Å². The van der Waals surface area contributed by atoms with Gasteiger partial charge in [0.2, 0.25) is 0 Å². The average molecular weight is 500 g/mol. The van der Waals surface area contributed by atoms with Crippen LogP contribution in [-0.4, -0.2) is 22.6 Å². The van der Waals surface area contributed by atoms with Crippen molar-refractivity contribution >= 4 is 50.6 Å². The Morgan fingerprint density at radius 2 is 1.24 bits per heavy atom. The van der Waals surface area contributed by atoms with Gasteiger partial charge in [0.15, 0.2) is 8.07 Å². The molecule has 3 nitrogen and oxygen atoms in total. The molecule has 4 heteroatoms. The minimum atomic E-state index is -2.52. The van der Waals surface area contributed by atoms with Crippen LogP contribution in [0.4, 0.5) is 0 Å². The molecule has 0 fully saturated rings. The van der Waals surface area contributed by atoms with Gasteiger partial charge < -0.3 is 4.57 Å². The Bertz CT molecular complexity index is 1990. The van der Waals surface area contributed by atoms with E-state index in [-0.39, 0.29) is 0 Å². The summed E-state index contributed by atoms with van der Waals surface area (Å²) in [6, 6.07) is 40.4. The summed E-state index contributed by atoms with van der Waals surface area (Å²) >= 11 is 0. The first-order valence-electron chi connectivity index (χ1n) is 13.0. The van der Waals surface area contributed by atoms with Crippen LogP contribution in [0.2, 0.25) is 0 Å². The fourth-order valence-electron chi connectivity index (χ4n) is 7.17. The number of pyridine rings is 2. The van der Waals surface area contributed by atoms with E-state index in [4.69, 9.17) is 4.98 Å². The van der Waals surface area contributed by atoms with Crippen LogP contribution >= 0.6 is 0 Å². The molecule has 38 heavy (non-hydrogen) atoms. The molecule has 0 aliphatic carbocycles. The van der Waals surface area contributed by atoms with Gasteiger partial charge in [0.05, 0.1) is 16.7 Å². The topological polar surface area (TPSA) is 30.7 Å². The van der Waals surface area contributed by atoms with Gasteiger partial charge in [-0.1, -0.05) is 78.9 Å². The molecule has 0 N–H and O–H groups in total. The molecule has 0 unspecified atom stereocenters. The van der Waals surface area contributed by atoms with E-state index in [0.717, 1.165) is 5.69 Å². The summed E-state index contributed by atoms with van der Waals surface area (Å²) in [5, 5.41) is 8.18. The molecule has 7 aromatic rings. The van der Waals surface area contributed by atoms with Gasteiger partial charge >= 0.3 is 0 Å². The lowest BCUT2D eigenvalue weighted by molar-refractivity contribution is 1.18. The maximum atomic E-state index is 4.98. The van der Waals surface area contributed by atoms with E-state index in [1.54, 1.807) is 0 Å². The monoisotopic (exact) mass is 499 g/mol. The number of hydrogen-bond donors (Lipinski definition) is 0. The molecule has 1 spiro atoms. The highest BCUT2D eigenvalue weighted by molar-refractivity contribution is 7.24. The van der Waals surface area contributed by atoms with Gasteiger partial charge in [-0.15, -0.1) is 0 Å².